The van der Waals surface area contributed by atoms with Crippen LogP contribution in [0.5, 0.6) is 0 Å². The van der Waals surface area contributed by atoms with Crippen molar-refractivity contribution in [2.75, 3.05) is 5.73 Å². The van der Waals surface area contributed by atoms with Crippen LogP contribution < -0.4 is 8.55 Å². The normalized spacial score (nSPS) is 8.54. The summed E-state index contributed by atoms with van der Waals surface area (Å²) < 4.78 is 1.28. The summed E-state index contributed by atoms with van der Waals surface area (Å²) in [5, 5.41) is 7.72. The number of rotatable bonds is 1. The first kappa shape index (κ1) is 12.5. The Morgan fingerprint density at radius 2 is 2.00 bits per heavy atom. The van der Waals surface area contributed by atoms with Gasteiger partial charge in [0.15, 0.2) is 0 Å². The predicted octanol–water partition coefficient (Wildman–Crippen LogP) is 0.544. The minimum absolute atomic E-state index is 0.222. The van der Waals surface area contributed by atoms with Crippen molar-refractivity contribution in [1.82, 2.24) is 0 Å². The van der Waals surface area contributed by atoms with Crippen molar-refractivity contribution in [3.63, 3.8) is 0 Å². The topological polar surface area (TPSA) is 63.3 Å². The molecule has 0 radical (unpaired) electrons. The summed E-state index contributed by atoms with van der Waals surface area (Å²) in [7, 11) is 0. The molecule has 0 aliphatic rings. The maximum atomic E-state index is 9.37. The van der Waals surface area contributed by atoms with Crippen LogP contribution in [-0.2, 0) is 4.79 Å². The molecule has 0 aromatic heterocycles. The SMILES string of the molecule is CCC(=O)O.Nc1cccc[c]1[Na]. The van der Waals surface area contributed by atoms with Crippen molar-refractivity contribution in [3.05, 3.63) is 24.3 Å². The molecule has 0 aliphatic heterocycles. The molecule has 0 bridgehead atoms. The number of carbonyl (C=O) groups is 1. The predicted molar refractivity (Wildman–Crippen MR) is 54.2 cm³/mol. The molecule has 1 aromatic rings. The summed E-state index contributed by atoms with van der Waals surface area (Å²) in [6, 6.07) is 7.96. The molecule has 0 amide bonds. The van der Waals surface area contributed by atoms with Crippen molar-refractivity contribution in [3.8, 4) is 0 Å². The summed E-state index contributed by atoms with van der Waals surface area (Å²) in [6.45, 7) is 1.60. The fourth-order valence-electron chi connectivity index (χ4n) is 0.587. The van der Waals surface area contributed by atoms with E-state index < -0.39 is 5.97 Å². The van der Waals surface area contributed by atoms with E-state index in [9.17, 15) is 4.79 Å². The number of anilines is 1. The molecule has 13 heavy (non-hydrogen) atoms. The summed E-state index contributed by atoms with van der Waals surface area (Å²) in [5.74, 6) is -0.745. The third-order valence-electron chi connectivity index (χ3n) is 1.49. The Bertz CT molecular complexity index is 255. The van der Waals surface area contributed by atoms with Crippen LogP contribution in [0.15, 0.2) is 24.3 Å². The number of nitrogen functional groups attached to an aromatic ring is 1. The van der Waals surface area contributed by atoms with Gasteiger partial charge in [0.1, 0.15) is 0 Å². The summed E-state index contributed by atoms with van der Waals surface area (Å²) >= 11 is 1.05. The molecule has 3 N–H and O–H groups in total. The Labute approximate surface area is 95.4 Å². The quantitative estimate of drug-likeness (QED) is 0.500. The average Bonchev–Trinajstić information content (AvgIpc) is 2.11. The standard InChI is InChI=1S/C6H6N.C3H6O2.Na/c7-6-4-2-1-3-5-6;1-2-3(4)5;/h1-4H,7H2;2H2,1H3,(H,4,5);. The van der Waals surface area contributed by atoms with Crippen molar-refractivity contribution in [2.24, 2.45) is 0 Å². The minimum atomic E-state index is -0.745. The van der Waals surface area contributed by atoms with E-state index in [1.165, 1.54) is 2.81 Å². The van der Waals surface area contributed by atoms with Crippen LogP contribution in [0.2, 0.25) is 0 Å². The molecule has 0 fully saturated rings. The van der Waals surface area contributed by atoms with E-state index in [4.69, 9.17) is 10.8 Å². The second-order valence-corrected chi connectivity index (χ2v) is 3.68. The molecule has 0 spiro atoms. The van der Waals surface area contributed by atoms with Gasteiger partial charge in [-0.25, -0.2) is 0 Å². The van der Waals surface area contributed by atoms with Crippen LogP contribution in [0, 0.1) is 0 Å². The van der Waals surface area contributed by atoms with Crippen molar-refractivity contribution in [1.29, 1.82) is 0 Å². The zero-order valence-electron chi connectivity index (χ0n) is 7.95. The monoisotopic (exact) mass is 189 g/mol. The zero-order chi connectivity index (χ0) is 10.3. The Kier molecular flexibility index (Phi) is 6.68. The van der Waals surface area contributed by atoms with Gasteiger partial charge in [-0.1, -0.05) is 6.92 Å². The van der Waals surface area contributed by atoms with Crippen molar-refractivity contribution in [2.45, 2.75) is 13.3 Å². The Hall–Kier alpha value is -0.510. The van der Waals surface area contributed by atoms with Crippen molar-refractivity contribution >= 4 is 42.4 Å². The Morgan fingerprint density at radius 3 is 2.23 bits per heavy atom. The first-order valence-electron chi connectivity index (χ1n) is 4.10. The van der Waals surface area contributed by atoms with Gasteiger partial charge in [0, 0.05) is 6.42 Å². The number of hydrogen-bond donors (Lipinski definition) is 2. The van der Waals surface area contributed by atoms with E-state index in [0.717, 1.165) is 33.6 Å². The molecule has 0 atom stereocenters. The molecule has 4 heteroatoms. The second kappa shape index (κ2) is 6.95. The number of benzene rings is 1. The molecule has 3 nitrogen and oxygen atoms in total. The van der Waals surface area contributed by atoms with Crippen LogP contribution in [0.1, 0.15) is 13.3 Å². The molecule has 1 rings (SSSR count). The maximum absolute atomic E-state index is 9.37. The fourth-order valence-corrected chi connectivity index (χ4v) is 0.946. The molecule has 0 aliphatic carbocycles. The molecule has 0 saturated carbocycles. The molecule has 0 unspecified atom stereocenters. The van der Waals surface area contributed by atoms with Gasteiger partial charge in [-0.15, -0.1) is 0 Å². The second-order valence-electron chi connectivity index (χ2n) is 2.60. The van der Waals surface area contributed by atoms with E-state index in [2.05, 4.69) is 6.07 Å². The molecular weight excluding hydrogens is 177 g/mol. The fraction of sp³-hybridized carbons (Fsp3) is 0.222. The van der Waals surface area contributed by atoms with Crippen LogP contribution in [0.25, 0.3) is 0 Å². The van der Waals surface area contributed by atoms with E-state index >= 15 is 0 Å². The van der Waals surface area contributed by atoms with Gasteiger partial charge >= 0.3 is 72.4 Å². The summed E-state index contributed by atoms with van der Waals surface area (Å²) in [5.41, 5.74) is 6.48. The van der Waals surface area contributed by atoms with Gasteiger partial charge in [0.25, 0.3) is 0 Å². The van der Waals surface area contributed by atoms with E-state index in [1.54, 1.807) is 6.92 Å². The van der Waals surface area contributed by atoms with Crippen LogP contribution >= 0.6 is 0 Å². The van der Waals surface area contributed by atoms with Gasteiger partial charge < -0.3 is 5.11 Å². The zero-order valence-corrected chi connectivity index (χ0v) is 9.95. The number of carboxylic acid groups (broad SMARTS) is 1. The molecule has 0 heterocycles. The van der Waals surface area contributed by atoms with Crippen LogP contribution in [0.3, 0.4) is 0 Å². The molecule has 0 saturated heterocycles. The van der Waals surface area contributed by atoms with Gasteiger partial charge in [0.2, 0.25) is 0 Å². The summed E-state index contributed by atoms with van der Waals surface area (Å²) in [4.78, 5) is 9.37. The van der Waals surface area contributed by atoms with Crippen LogP contribution in [-0.4, -0.2) is 39.0 Å². The van der Waals surface area contributed by atoms with Gasteiger partial charge in [-0.3, -0.25) is 4.79 Å². The summed E-state index contributed by atoms with van der Waals surface area (Å²) in [6.07, 6.45) is 0.222. The molecule has 1 aromatic carbocycles. The third-order valence-corrected chi connectivity index (χ3v) is 2.40. The van der Waals surface area contributed by atoms with E-state index in [1.807, 2.05) is 18.2 Å². The van der Waals surface area contributed by atoms with Crippen molar-refractivity contribution < 1.29 is 9.90 Å². The van der Waals surface area contributed by atoms with Crippen LogP contribution in [0.4, 0.5) is 5.69 Å². The Morgan fingerprint density at radius 1 is 1.54 bits per heavy atom. The molecular formula is C9H12NNaO2. The van der Waals surface area contributed by atoms with Gasteiger partial charge in [-0.2, -0.15) is 0 Å². The Balaban J connectivity index is 0.000000252. The van der Waals surface area contributed by atoms with Gasteiger partial charge in [-0.05, 0) is 0 Å². The average molecular weight is 189 g/mol. The molecule has 66 valence electrons. The van der Waals surface area contributed by atoms with E-state index in [0.29, 0.717) is 0 Å². The number of para-hydroxylation sites is 1. The number of nitrogens with two attached hydrogens (primary N) is 1. The number of hydrogen-bond acceptors (Lipinski definition) is 2. The number of aliphatic carboxylic acids is 1. The number of carboxylic acids is 1. The van der Waals surface area contributed by atoms with E-state index in [-0.39, 0.29) is 6.42 Å². The third kappa shape index (κ3) is 6.63. The first-order valence-corrected chi connectivity index (χ1v) is 5.10. The first-order chi connectivity index (χ1) is 6.07. The van der Waals surface area contributed by atoms with Gasteiger partial charge in [0.05, 0.1) is 0 Å².